The minimum absolute atomic E-state index is 0.198. The molecule has 0 spiro atoms. The molecule has 6 heteroatoms. The van der Waals surface area contributed by atoms with Crippen LogP contribution < -0.4 is 5.84 Å². The van der Waals surface area contributed by atoms with E-state index >= 15 is 0 Å². The topological polar surface area (TPSA) is 64.3 Å². The number of thioether (sulfide) groups is 1. The fraction of sp³-hybridized carbons (Fsp3) is 0.556. The van der Waals surface area contributed by atoms with Gasteiger partial charge in [-0.2, -0.15) is 0 Å². The average Bonchev–Trinajstić information content (AvgIpc) is 2.28. The minimum atomic E-state index is 0.198. The summed E-state index contributed by atoms with van der Waals surface area (Å²) in [5.74, 6) is 6.59. The summed E-state index contributed by atoms with van der Waals surface area (Å²) in [6.45, 7) is 2.32. The number of ether oxygens (including phenoxy) is 1. The highest BCUT2D eigenvalue weighted by atomic mass is 32.2. The molecule has 0 saturated carbocycles. The smallest absolute Gasteiger partial charge is 0.116 e. The molecule has 1 aliphatic heterocycles. The molecule has 15 heavy (non-hydrogen) atoms. The van der Waals surface area contributed by atoms with Crippen LogP contribution in [0.1, 0.15) is 0 Å². The lowest BCUT2D eigenvalue weighted by Crippen LogP contribution is -2.47. The quantitative estimate of drug-likeness (QED) is 0.449. The van der Waals surface area contributed by atoms with Gasteiger partial charge in [0.1, 0.15) is 6.33 Å². The number of nitrogens with two attached hydrogens (primary N) is 1. The first-order valence-electron chi connectivity index (χ1n) is 4.84. The van der Waals surface area contributed by atoms with Crippen LogP contribution in [0.3, 0.4) is 0 Å². The van der Waals surface area contributed by atoms with Crippen molar-refractivity contribution >= 4 is 11.8 Å². The van der Waals surface area contributed by atoms with Crippen molar-refractivity contribution in [1.82, 2.24) is 15.0 Å². The zero-order valence-electron chi connectivity index (χ0n) is 8.37. The minimum Gasteiger partial charge on any atom is -0.375 e. The van der Waals surface area contributed by atoms with E-state index in [0.29, 0.717) is 6.61 Å². The maximum atomic E-state index is 5.71. The lowest BCUT2D eigenvalue weighted by atomic mass is 10.3. The first-order chi connectivity index (χ1) is 7.34. The Labute approximate surface area is 93.0 Å². The second kappa shape index (κ2) is 5.41. The Kier molecular flexibility index (Phi) is 3.90. The van der Waals surface area contributed by atoms with Gasteiger partial charge in [-0.3, -0.25) is 5.84 Å². The van der Waals surface area contributed by atoms with E-state index in [-0.39, 0.29) is 6.10 Å². The van der Waals surface area contributed by atoms with Crippen molar-refractivity contribution in [3.63, 3.8) is 0 Å². The van der Waals surface area contributed by atoms with Crippen LogP contribution in [-0.4, -0.2) is 46.5 Å². The monoisotopic (exact) mass is 226 g/mol. The summed E-state index contributed by atoms with van der Waals surface area (Å²) in [4.78, 5) is 8.00. The zero-order valence-corrected chi connectivity index (χ0v) is 9.19. The molecule has 2 heterocycles. The van der Waals surface area contributed by atoms with Crippen molar-refractivity contribution < 1.29 is 4.74 Å². The standard InChI is InChI=1S/C9H14N4OS/c10-13-3-4-14-8(5-13)6-15-9-1-2-11-7-12-9/h1-2,7-8H,3-6,10H2. The highest BCUT2D eigenvalue weighted by molar-refractivity contribution is 7.99. The largest absolute Gasteiger partial charge is 0.375 e. The average molecular weight is 226 g/mol. The highest BCUT2D eigenvalue weighted by Gasteiger charge is 2.18. The van der Waals surface area contributed by atoms with E-state index in [2.05, 4.69) is 9.97 Å². The molecule has 0 aromatic carbocycles. The number of aromatic nitrogens is 2. The maximum Gasteiger partial charge on any atom is 0.116 e. The molecule has 0 aliphatic carbocycles. The number of morpholine rings is 1. The van der Waals surface area contributed by atoms with Gasteiger partial charge >= 0.3 is 0 Å². The van der Waals surface area contributed by atoms with Gasteiger partial charge in [0, 0.05) is 25.0 Å². The molecular weight excluding hydrogens is 212 g/mol. The molecule has 82 valence electrons. The van der Waals surface area contributed by atoms with Gasteiger partial charge in [-0.1, -0.05) is 0 Å². The molecule has 1 aliphatic rings. The predicted octanol–water partition coefficient (Wildman–Crippen LogP) is 0.143. The van der Waals surface area contributed by atoms with Gasteiger partial charge in [0.15, 0.2) is 0 Å². The molecule has 0 bridgehead atoms. The Hall–Kier alpha value is -0.690. The van der Waals surface area contributed by atoms with Crippen LogP contribution in [0.4, 0.5) is 0 Å². The number of nitrogens with zero attached hydrogens (tertiary/aromatic N) is 3. The molecule has 1 saturated heterocycles. The third-order valence-electron chi connectivity index (χ3n) is 2.14. The Bertz CT molecular complexity index is 297. The summed E-state index contributed by atoms with van der Waals surface area (Å²) >= 11 is 1.67. The van der Waals surface area contributed by atoms with E-state index in [1.807, 2.05) is 6.07 Å². The fourth-order valence-electron chi connectivity index (χ4n) is 1.39. The van der Waals surface area contributed by atoms with E-state index in [9.17, 15) is 0 Å². The summed E-state index contributed by atoms with van der Waals surface area (Å²) in [5.41, 5.74) is 0. The van der Waals surface area contributed by atoms with Crippen LogP contribution >= 0.6 is 11.8 Å². The third kappa shape index (κ3) is 3.42. The van der Waals surface area contributed by atoms with Gasteiger partial charge in [-0.15, -0.1) is 11.8 Å². The van der Waals surface area contributed by atoms with Crippen LogP contribution in [0, 0.1) is 0 Å². The molecule has 0 radical (unpaired) electrons. The van der Waals surface area contributed by atoms with E-state index in [0.717, 1.165) is 23.9 Å². The Morgan fingerprint density at radius 3 is 3.33 bits per heavy atom. The van der Waals surface area contributed by atoms with Gasteiger partial charge in [0.25, 0.3) is 0 Å². The molecule has 0 amide bonds. The van der Waals surface area contributed by atoms with Crippen LogP contribution in [0.2, 0.25) is 0 Å². The lowest BCUT2D eigenvalue weighted by Gasteiger charge is -2.29. The molecule has 1 aromatic heterocycles. The Morgan fingerprint density at radius 2 is 2.60 bits per heavy atom. The molecule has 1 fully saturated rings. The van der Waals surface area contributed by atoms with E-state index < -0.39 is 0 Å². The van der Waals surface area contributed by atoms with Crippen LogP contribution in [0.5, 0.6) is 0 Å². The van der Waals surface area contributed by atoms with Crippen LogP contribution in [0.15, 0.2) is 23.6 Å². The van der Waals surface area contributed by atoms with Crippen molar-refractivity contribution in [3.8, 4) is 0 Å². The Morgan fingerprint density at radius 1 is 1.67 bits per heavy atom. The van der Waals surface area contributed by atoms with Gasteiger partial charge in [0.2, 0.25) is 0 Å². The van der Waals surface area contributed by atoms with Gasteiger partial charge in [-0.05, 0) is 6.07 Å². The third-order valence-corrected chi connectivity index (χ3v) is 3.22. The number of hydrogen-bond acceptors (Lipinski definition) is 6. The van der Waals surface area contributed by atoms with E-state index in [1.165, 1.54) is 0 Å². The molecular formula is C9H14N4OS. The number of rotatable bonds is 3. The summed E-state index contributed by atoms with van der Waals surface area (Å²) in [7, 11) is 0. The summed E-state index contributed by atoms with van der Waals surface area (Å²) in [6, 6.07) is 1.90. The zero-order chi connectivity index (χ0) is 10.5. The fourth-order valence-corrected chi connectivity index (χ4v) is 2.22. The summed E-state index contributed by atoms with van der Waals surface area (Å²) < 4.78 is 5.58. The highest BCUT2D eigenvalue weighted by Crippen LogP contribution is 2.17. The maximum absolute atomic E-state index is 5.71. The van der Waals surface area contributed by atoms with Gasteiger partial charge in [-0.25, -0.2) is 15.0 Å². The Balaban J connectivity index is 1.78. The number of hydrazine groups is 1. The van der Waals surface area contributed by atoms with Crippen LogP contribution in [0.25, 0.3) is 0 Å². The molecule has 2 rings (SSSR count). The van der Waals surface area contributed by atoms with Crippen molar-refractivity contribution in [2.24, 2.45) is 5.84 Å². The molecule has 5 nitrogen and oxygen atoms in total. The van der Waals surface area contributed by atoms with Crippen molar-refractivity contribution in [1.29, 1.82) is 0 Å². The molecule has 2 N–H and O–H groups in total. The van der Waals surface area contributed by atoms with Crippen molar-refractivity contribution in [2.45, 2.75) is 11.1 Å². The van der Waals surface area contributed by atoms with Gasteiger partial charge < -0.3 is 4.74 Å². The summed E-state index contributed by atoms with van der Waals surface area (Å²) in [5, 5.41) is 2.78. The first kappa shape index (κ1) is 10.8. The second-order valence-electron chi connectivity index (χ2n) is 3.35. The summed E-state index contributed by atoms with van der Waals surface area (Å²) in [6.07, 6.45) is 3.50. The normalized spacial score (nSPS) is 22.9. The van der Waals surface area contributed by atoms with Crippen LogP contribution in [-0.2, 0) is 4.74 Å². The van der Waals surface area contributed by atoms with E-state index in [4.69, 9.17) is 10.6 Å². The molecule has 1 aromatic rings. The first-order valence-corrected chi connectivity index (χ1v) is 5.83. The van der Waals surface area contributed by atoms with Crippen molar-refractivity contribution in [3.05, 3.63) is 18.6 Å². The van der Waals surface area contributed by atoms with E-state index in [1.54, 1.807) is 29.3 Å². The second-order valence-corrected chi connectivity index (χ2v) is 4.39. The molecule has 1 atom stereocenters. The lowest BCUT2D eigenvalue weighted by molar-refractivity contribution is -0.0160. The van der Waals surface area contributed by atoms with Crippen molar-refractivity contribution in [2.75, 3.05) is 25.4 Å². The van der Waals surface area contributed by atoms with Gasteiger partial charge in [0.05, 0.1) is 17.7 Å². The SMILES string of the molecule is NN1CCOC(CSc2ccncn2)C1. The molecule has 1 unspecified atom stereocenters. The predicted molar refractivity (Wildman–Crippen MR) is 58.3 cm³/mol. The number of hydrogen-bond donors (Lipinski definition) is 1.